The molecule has 1 aromatic rings. The first-order valence-corrected chi connectivity index (χ1v) is 6.08. The molecule has 2 N–H and O–H groups in total. The van der Waals surface area contributed by atoms with Gasteiger partial charge in [0.05, 0.1) is 0 Å². The van der Waals surface area contributed by atoms with Crippen LogP contribution in [0.2, 0.25) is 0 Å². The molecule has 1 atom stereocenters. The molecule has 0 saturated carbocycles. The van der Waals surface area contributed by atoms with Crippen LogP contribution in [-0.2, 0) is 7.05 Å². The van der Waals surface area contributed by atoms with Gasteiger partial charge in [-0.25, -0.2) is 0 Å². The molecule has 4 nitrogen and oxygen atoms in total. The highest BCUT2D eigenvalue weighted by atomic mass is 16.2. The number of carbonyl (C=O) groups is 1. The second-order valence-corrected chi connectivity index (χ2v) is 5.61. The fourth-order valence-corrected chi connectivity index (χ4v) is 2.39. The summed E-state index contributed by atoms with van der Waals surface area (Å²) in [6.07, 6.45) is 2.78. The molecule has 1 fully saturated rings. The molecule has 1 saturated heterocycles. The van der Waals surface area contributed by atoms with E-state index >= 15 is 0 Å². The zero-order valence-corrected chi connectivity index (χ0v) is 10.8. The molecule has 1 aliphatic heterocycles. The highest BCUT2D eigenvalue weighted by Gasteiger charge is 2.35. The maximum absolute atomic E-state index is 12.3. The average molecular weight is 235 g/mol. The number of hydrogen-bond acceptors (Lipinski definition) is 2. The quantitative estimate of drug-likeness (QED) is 0.796. The van der Waals surface area contributed by atoms with Crippen LogP contribution in [0.15, 0.2) is 18.3 Å². The Bertz CT molecular complexity index is 422. The highest BCUT2D eigenvalue weighted by Crippen LogP contribution is 2.28. The van der Waals surface area contributed by atoms with Crippen molar-refractivity contribution in [1.82, 2.24) is 9.47 Å². The third-order valence-corrected chi connectivity index (χ3v) is 3.76. The van der Waals surface area contributed by atoms with Gasteiger partial charge in [-0.3, -0.25) is 4.79 Å². The minimum Gasteiger partial charge on any atom is -0.347 e. The molecule has 94 valence electrons. The zero-order valence-electron chi connectivity index (χ0n) is 10.8. The van der Waals surface area contributed by atoms with E-state index in [2.05, 4.69) is 13.8 Å². The fourth-order valence-electron chi connectivity index (χ4n) is 2.39. The van der Waals surface area contributed by atoms with Crippen LogP contribution < -0.4 is 5.73 Å². The van der Waals surface area contributed by atoms with Crippen LogP contribution in [0.5, 0.6) is 0 Å². The molecule has 2 heterocycles. The van der Waals surface area contributed by atoms with Gasteiger partial charge in [0.1, 0.15) is 5.69 Å². The van der Waals surface area contributed by atoms with Crippen molar-refractivity contribution in [1.29, 1.82) is 0 Å². The van der Waals surface area contributed by atoms with Crippen LogP contribution >= 0.6 is 0 Å². The second kappa shape index (κ2) is 4.18. The number of carbonyl (C=O) groups excluding carboxylic acids is 1. The summed E-state index contributed by atoms with van der Waals surface area (Å²) in [7, 11) is 1.90. The lowest BCUT2D eigenvalue weighted by Crippen LogP contribution is -2.54. The number of aryl methyl sites for hydroxylation is 1. The van der Waals surface area contributed by atoms with Gasteiger partial charge in [0.25, 0.3) is 5.91 Å². The first-order valence-electron chi connectivity index (χ1n) is 6.08. The van der Waals surface area contributed by atoms with Crippen LogP contribution in [0.1, 0.15) is 30.8 Å². The summed E-state index contributed by atoms with van der Waals surface area (Å²) in [4.78, 5) is 14.3. The standard InChI is InChI=1S/C13H21N3O/c1-13(2)9-16(8-6-11(13)14)12(17)10-5-4-7-15(10)3/h4-5,7,11H,6,8-9,14H2,1-3H3. The van der Waals surface area contributed by atoms with Gasteiger partial charge in [0, 0.05) is 32.4 Å². The summed E-state index contributed by atoms with van der Waals surface area (Å²) in [6.45, 7) is 5.75. The first-order chi connectivity index (χ1) is 7.92. The van der Waals surface area contributed by atoms with Crippen molar-refractivity contribution in [3.63, 3.8) is 0 Å². The second-order valence-electron chi connectivity index (χ2n) is 5.61. The van der Waals surface area contributed by atoms with Crippen LogP contribution in [0, 0.1) is 5.41 Å². The number of hydrogen-bond donors (Lipinski definition) is 1. The summed E-state index contributed by atoms with van der Waals surface area (Å²) >= 11 is 0. The number of likely N-dealkylation sites (tertiary alicyclic amines) is 1. The van der Waals surface area contributed by atoms with E-state index in [0.29, 0.717) is 0 Å². The van der Waals surface area contributed by atoms with Crippen LogP contribution in [0.3, 0.4) is 0 Å². The van der Waals surface area contributed by atoms with Crippen molar-refractivity contribution in [2.75, 3.05) is 13.1 Å². The van der Waals surface area contributed by atoms with E-state index in [1.165, 1.54) is 0 Å². The number of amides is 1. The lowest BCUT2D eigenvalue weighted by molar-refractivity contribution is 0.0524. The predicted octanol–water partition coefficient (Wildman–Crippen LogP) is 1.22. The molecule has 17 heavy (non-hydrogen) atoms. The Balaban J connectivity index is 2.15. The molecule has 0 spiro atoms. The van der Waals surface area contributed by atoms with Gasteiger partial charge < -0.3 is 15.2 Å². The van der Waals surface area contributed by atoms with Crippen molar-refractivity contribution in [2.45, 2.75) is 26.3 Å². The Morgan fingerprint density at radius 3 is 2.76 bits per heavy atom. The molecule has 2 rings (SSSR count). The Kier molecular flexibility index (Phi) is 3.00. The number of rotatable bonds is 1. The lowest BCUT2D eigenvalue weighted by Gasteiger charge is -2.42. The highest BCUT2D eigenvalue weighted by molar-refractivity contribution is 5.92. The number of nitrogens with two attached hydrogens (primary N) is 1. The van der Waals surface area contributed by atoms with E-state index < -0.39 is 0 Å². The third-order valence-electron chi connectivity index (χ3n) is 3.76. The van der Waals surface area contributed by atoms with Gasteiger partial charge in [-0.05, 0) is 24.0 Å². The molecular formula is C13H21N3O. The zero-order chi connectivity index (χ0) is 12.6. The van der Waals surface area contributed by atoms with Crippen LogP contribution in [0.4, 0.5) is 0 Å². The van der Waals surface area contributed by atoms with Crippen molar-refractivity contribution in [2.24, 2.45) is 18.2 Å². The lowest BCUT2D eigenvalue weighted by atomic mass is 9.79. The molecule has 1 aliphatic rings. The summed E-state index contributed by atoms with van der Waals surface area (Å²) in [5.41, 5.74) is 6.83. The van der Waals surface area contributed by atoms with E-state index in [-0.39, 0.29) is 17.4 Å². The number of nitrogens with zero attached hydrogens (tertiary/aromatic N) is 2. The topological polar surface area (TPSA) is 51.3 Å². The molecule has 1 unspecified atom stereocenters. The maximum Gasteiger partial charge on any atom is 0.270 e. The smallest absolute Gasteiger partial charge is 0.270 e. The van der Waals surface area contributed by atoms with Crippen molar-refractivity contribution < 1.29 is 4.79 Å². The Hall–Kier alpha value is -1.29. The molecule has 0 aromatic carbocycles. The Morgan fingerprint density at radius 1 is 1.53 bits per heavy atom. The largest absolute Gasteiger partial charge is 0.347 e. The summed E-state index contributed by atoms with van der Waals surface area (Å²) < 4.78 is 1.86. The minimum atomic E-state index is -0.000918. The van der Waals surface area contributed by atoms with Gasteiger partial charge in [0.2, 0.25) is 0 Å². The van der Waals surface area contributed by atoms with Gasteiger partial charge in [-0.15, -0.1) is 0 Å². The average Bonchev–Trinajstić information content (AvgIpc) is 2.67. The van der Waals surface area contributed by atoms with E-state index in [4.69, 9.17) is 5.73 Å². The molecule has 1 amide bonds. The monoisotopic (exact) mass is 235 g/mol. The van der Waals surface area contributed by atoms with E-state index in [0.717, 1.165) is 25.2 Å². The van der Waals surface area contributed by atoms with Gasteiger partial charge in [-0.1, -0.05) is 13.8 Å². The first kappa shape index (κ1) is 12.2. The van der Waals surface area contributed by atoms with E-state index in [1.54, 1.807) is 0 Å². The number of aromatic nitrogens is 1. The normalized spacial score (nSPS) is 23.8. The molecule has 0 radical (unpaired) electrons. The maximum atomic E-state index is 12.3. The van der Waals surface area contributed by atoms with Gasteiger partial charge in [0.15, 0.2) is 0 Å². The van der Waals surface area contributed by atoms with E-state index in [1.807, 2.05) is 34.8 Å². The minimum absolute atomic E-state index is 0.000918. The summed E-state index contributed by atoms with van der Waals surface area (Å²) in [5, 5.41) is 0. The van der Waals surface area contributed by atoms with Gasteiger partial charge in [-0.2, -0.15) is 0 Å². The molecule has 1 aromatic heterocycles. The summed E-state index contributed by atoms with van der Waals surface area (Å²) in [5.74, 6) is 0.109. The van der Waals surface area contributed by atoms with Crippen LogP contribution in [-0.4, -0.2) is 34.5 Å². The number of piperidine rings is 1. The molecule has 0 aliphatic carbocycles. The molecule has 0 bridgehead atoms. The SMILES string of the molecule is Cn1cccc1C(=O)N1CCC(N)C(C)(C)C1. The van der Waals surface area contributed by atoms with E-state index in [9.17, 15) is 4.79 Å². The van der Waals surface area contributed by atoms with Crippen molar-refractivity contribution in [3.8, 4) is 0 Å². The fraction of sp³-hybridized carbons (Fsp3) is 0.615. The summed E-state index contributed by atoms with van der Waals surface area (Å²) in [6, 6.07) is 3.94. The molecular weight excluding hydrogens is 214 g/mol. The molecule has 4 heteroatoms. The Morgan fingerprint density at radius 2 is 2.24 bits per heavy atom. The predicted molar refractivity (Wildman–Crippen MR) is 67.7 cm³/mol. The van der Waals surface area contributed by atoms with Crippen molar-refractivity contribution >= 4 is 5.91 Å². The van der Waals surface area contributed by atoms with Crippen molar-refractivity contribution in [3.05, 3.63) is 24.0 Å². The van der Waals surface area contributed by atoms with Gasteiger partial charge >= 0.3 is 0 Å². The third kappa shape index (κ3) is 2.22. The van der Waals surface area contributed by atoms with Crippen LogP contribution in [0.25, 0.3) is 0 Å². The Labute approximate surface area is 102 Å².